The number of nitrogens with one attached hydrogen (secondary N) is 1. The predicted octanol–water partition coefficient (Wildman–Crippen LogP) is 1.61. The summed E-state index contributed by atoms with van der Waals surface area (Å²) in [5.74, 6) is 1.08. The van der Waals surface area contributed by atoms with E-state index in [4.69, 9.17) is 5.11 Å². The van der Waals surface area contributed by atoms with E-state index in [2.05, 4.69) is 17.3 Å². The molecule has 1 saturated heterocycles. The van der Waals surface area contributed by atoms with E-state index in [0.29, 0.717) is 19.0 Å². The maximum atomic E-state index is 12.2. The van der Waals surface area contributed by atoms with E-state index in [1.807, 2.05) is 13.1 Å². The van der Waals surface area contributed by atoms with Crippen LogP contribution in [0.2, 0.25) is 0 Å². The molecule has 1 aliphatic rings. The minimum atomic E-state index is -0.0764. The van der Waals surface area contributed by atoms with E-state index >= 15 is 0 Å². The zero-order chi connectivity index (χ0) is 14.5. The first-order chi connectivity index (χ1) is 9.63. The normalized spacial score (nSPS) is 16.4. The number of likely N-dealkylation sites (tertiary alicyclic amines) is 1. The number of carbonyl (C=O) groups excluding carboxylic acids is 1. The van der Waals surface area contributed by atoms with Gasteiger partial charge in [-0.1, -0.05) is 13.3 Å². The van der Waals surface area contributed by atoms with Crippen LogP contribution >= 0.6 is 0 Å². The number of carbonyl (C=O) groups is 1. The molecule has 0 bridgehead atoms. The minimum absolute atomic E-state index is 0.0764. The van der Waals surface area contributed by atoms with Gasteiger partial charge in [-0.2, -0.15) is 5.10 Å². The lowest BCUT2D eigenvalue weighted by molar-refractivity contribution is 0.143. The summed E-state index contributed by atoms with van der Waals surface area (Å²) in [5.41, 5.74) is 1.00. The fourth-order valence-corrected chi connectivity index (χ4v) is 2.53. The Kier molecular flexibility index (Phi) is 5.00. The van der Waals surface area contributed by atoms with Crippen molar-refractivity contribution >= 4 is 11.8 Å². The van der Waals surface area contributed by atoms with Gasteiger partial charge in [0.2, 0.25) is 0 Å². The van der Waals surface area contributed by atoms with E-state index in [-0.39, 0.29) is 12.6 Å². The van der Waals surface area contributed by atoms with Crippen LogP contribution in [0.5, 0.6) is 0 Å². The molecule has 0 radical (unpaired) electrons. The quantitative estimate of drug-likeness (QED) is 0.880. The average Bonchev–Trinajstić information content (AvgIpc) is 2.79. The molecule has 6 heteroatoms. The monoisotopic (exact) mass is 280 g/mol. The minimum Gasteiger partial charge on any atom is -0.396 e. The Morgan fingerprint density at radius 2 is 2.20 bits per heavy atom. The zero-order valence-corrected chi connectivity index (χ0v) is 12.3. The number of amides is 2. The number of urea groups is 1. The van der Waals surface area contributed by atoms with Crippen LogP contribution in [0.15, 0.2) is 6.07 Å². The first kappa shape index (κ1) is 14.8. The molecule has 112 valence electrons. The van der Waals surface area contributed by atoms with Crippen LogP contribution in [0.1, 0.15) is 31.9 Å². The molecule has 0 saturated carbocycles. The Morgan fingerprint density at radius 3 is 2.80 bits per heavy atom. The van der Waals surface area contributed by atoms with Crippen molar-refractivity contribution in [2.75, 3.05) is 25.0 Å². The molecule has 6 nitrogen and oxygen atoms in total. The second-order valence-corrected chi connectivity index (χ2v) is 5.44. The van der Waals surface area contributed by atoms with Crippen molar-refractivity contribution in [3.05, 3.63) is 11.8 Å². The fourth-order valence-electron chi connectivity index (χ4n) is 2.53. The van der Waals surface area contributed by atoms with Gasteiger partial charge in [0.05, 0.1) is 5.69 Å². The van der Waals surface area contributed by atoms with Crippen molar-refractivity contribution in [2.24, 2.45) is 13.0 Å². The highest BCUT2D eigenvalue weighted by molar-refractivity contribution is 5.88. The lowest BCUT2D eigenvalue weighted by Gasteiger charge is -2.31. The Labute approximate surface area is 119 Å². The molecule has 0 aliphatic carbocycles. The highest BCUT2D eigenvalue weighted by Gasteiger charge is 2.22. The van der Waals surface area contributed by atoms with Crippen molar-refractivity contribution in [1.82, 2.24) is 14.7 Å². The molecule has 0 unspecified atom stereocenters. The summed E-state index contributed by atoms with van der Waals surface area (Å²) in [7, 11) is 1.84. The van der Waals surface area contributed by atoms with Gasteiger partial charge in [0.1, 0.15) is 5.82 Å². The van der Waals surface area contributed by atoms with Gasteiger partial charge in [-0.15, -0.1) is 0 Å². The van der Waals surface area contributed by atoms with E-state index in [1.54, 1.807) is 9.58 Å². The third-order valence-corrected chi connectivity index (χ3v) is 3.83. The smallest absolute Gasteiger partial charge is 0.322 e. The topological polar surface area (TPSA) is 70.4 Å². The van der Waals surface area contributed by atoms with Crippen molar-refractivity contribution < 1.29 is 9.90 Å². The molecule has 2 amide bonds. The molecule has 0 aromatic carbocycles. The van der Waals surface area contributed by atoms with Gasteiger partial charge >= 0.3 is 6.03 Å². The number of rotatable bonds is 4. The fraction of sp³-hybridized carbons (Fsp3) is 0.714. The predicted molar refractivity (Wildman–Crippen MR) is 77.6 cm³/mol. The van der Waals surface area contributed by atoms with E-state index in [0.717, 1.165) is 37.2 Å². The number of hydrogen-bond acceptors (Lipinski definition) is 3. The molecule has 2 N–H and O–H groups in total. The lowest BCUT2D eigenvalue weighted by Crippen LogP contribution is -2.41. The van der Waals surface area contributed by atoms with Crippen LogP contribution in [0.3, 0.4) is 0 Å². The molecule has 2 heterocycles. The van der Waals surface area contributed by atoms with E-state index in [1.165, 1.54) is 0 Å². The number of piperidine rings is 1. The van der Waals surface area contributed by atoms with Gasteiger partial charge < -0.3 is 10.0 Å². The van der Waals surface area contributed by atoms with Gasteiger partial charge in [-0.3, -0.25) is 10.00 Å². The van der Waals surface area contributed by atoms with E-state index in [9.17, 15) is 4.79 Å². The van der Waals surface area contributed by atoms with Crippen molar-refractivity contribution in [3.63, 3.8) is 0 Å². The van der Waals surface area contributed by atoms with Crippen LogP contribution in [-0.2, 0) is 13.5 Å². The third-order valence-electron chi connectivity index (χ3n) is 3.83. The largest absolute Gasteiger partial charge is 0.396 e. The zero-order valence-electron chi connectivity index (χ0n) is 12.3. The number of hydrogen-bond donors (Lipinski definition) is 2. The van der Waals surface area contributed by atoms with Crippen LogP contribution in [0.25, 0.3) is 0 Å². The Balaban J connectivity index is 1.91. The first-order valence-corrected chi connectivity index (χ1v) is 7.33. The summed E-state index contributed by atoms with van der Waals surface area (Å²) in [6.07, 6.45) is 3.71. The standard InChI is InChI=1S/C14H24N4O2/c1-3-4-12-9-13(17(2)16-12)15-14(20)18-7-5-11(10-19)6-8-18/h9,11,19H,3-8,10H2,1-2H3,(H,15,20). The van der Waals surface area contributed by atoms with Gasteiger partial charge in [-0.05, 0) is 25.2 Å². The second kappa shape index (κ2) is 6.74. The molecule has 2 rings (SSSR count). The highest BCUT2D eigenvalue weighted by atomic mass is 16.3. The van der Waals surface area contributed by atoms with Crippen molar-refractivity contribution in [3.8, 4) is 0 Å². The van der Waals surface area contributed by atoms with Crippen molar-refractivity contribution in [2.45, 2.75) is 32.6 Å². The number of aromatic nitrogens is 2. The van der Waals surface area contributed by atoms with Gasteiger partial charge in [-0.25, -0.2) is 4.79 Å². The number of aliphatic hydroxyl groups is 1. The van der Waals surface area contributed by atoms with Crippen molar-refractivity contribution in [1.29, 1.82) is 0 Å². The van der Waals surface area contributed by atoms with E-state index < -0.39 is 0 Å². The molecule has 0 atom stereocenters. The van der Waals surface area contributed by atoms with Gasteiger partial charge in [0.15, 0.2) is 0 Å². The summed E-state index contributed by atoms with van der Waals surface area (Å²) >= 11 is 0. The second-order valence-electron chi connectivity index (χ2n) is 5.44. The molecule has 1 aromatic heterocycles. The first-order valence-electron chi connectivity index (χ1n) is 7.33. The molecule has 1 fully saturated rings. The molecular weight excluding hydrogens is 256 g/mol. The maximum Gasteiger partial charge on any atom is 0.322 e. The summed E-state index contributed by atoms with van der Waals surface area (Å²) in [6.45, 7) is 3.74. The summed E-state index contributed by atoms with van der Waals surface area (Å²) in [6, 6.07) is 1.86. The van der Waals surface area contributed by atoms with Crippen LogP contribution < -0.4 is 5.32 Å². The molecule has 1 aromatic rings. The maximum absolute atomic E-state index is 12.2. The van der Waals surface area contributed by atoms with Crippen LogP contribution in [-0.4, -0.2) is 45.5 Å². The molecule has 20 heavy (non-hydrogen) atoms. The van der Waals surface area contributed by atoms with Crippen LogP contribution in [0, 0.1) is 5.92 Å². The highest BCUT2D eigenvalue weighted by Crippen LogP contribution is 2.18. The van der Waals surface area contributed by atoms with Gasteiger partial charge in [0, 0.05) is 32.8 Å². The molecule has 1 aliphatic heterocycles. The van der Waals surface area contributed by atoms with Gasteiger partial charge in [0.25, 0.3) is 0 Å². The Hall–Kier alpha value is -1.56. The number of nitrogens with zero attached hydrogens (tertiary/aromatic N) is 3. The summed E-state index contributed by atoms with van der Waals surface area (Å²) < 4.78 is 1.71. The Bertz CT molecular complexity index is 450. The summed E-state index contributed by atoms with van der Waals surface area (Å²) in [4.78, 5) is 14.0. The molecular formula is C14H24N4O2. The lowest BCUT2D eigenvalue weighted by atomic mass is 9.98. The SMILES string of the molecule is CCCc1cc(NC(=O)N2CCC(CO)CC2)n(C)n1. The molecule has 0 spiro atoms. The average molecular weight is 280 g/mol. The number of aliphatic hydroxyl groups excluding tert-OH is 1. The summed E-state index contributed by atoms with van der Waals surface area (Å²) in [5, 5.41) is 16.4. The van der Waals surface area contributed by atoms with Crippen LogP contribution in [0.4, 0.5) is 10.6 Å². The number of aryl methyl sites for hydroxylation is 2. The number of anilines is 1. The Morgan fingerprint density at radius 1 is 1.50 bits per heavy atom. The third kappa shape index (κ3) is 3.50.